The van der Waals surface area contributed by atoms with E-state index in [-0.39, 0.29) is 30.5 Å². The minimum absolute atomic E-state index is 0.105. The third-order valence-corrected chi connectivity index (χ3v) is 8.23. The summed E-state index contributed by atoms with van der Waals surface area (Å²) in [6, 6.07) is 9.52. The lowest BCUT2D eigenvalue weighted by atomic mass is 9.74. The van der Waals surface area contributed by atoms with E-state index in [1.54, 1.807) is 6.92 Å². The number of aryl methyl sites for hydroxylation is 1. The van der Waals surface area contributed by atoms with Gasteiger partial charge in [-0.3, -0.25) is 5.10 Å². The number of hydrogen-bond acceptors (Lipinski definition) is 4. The first kappa shape index (κ1) is 23.2. The Morgan fingerprint density at radius 3 is 2.58 bits per heavy atom. The van der Waals surface area contributed by atoms with Crippen LogP contribution in [0.1, 0.15) is 67.2 Å². The van der Waals surface area contributed by atoms with Gasteiger partial charge >= 0.3 is 5.97 Å². The summed E-state index contributed by atoms with van der Waals surface area (Å²) in [7, 11) is 0. The molecule has 188 valence electrons. The minimum Gasteiger partial charge on any atom is -0.479 e. The number of rotatable bonds is 4. The van der Waals surface area contributed by atoms with Crippen LogP contribution in [0.2, 0.25) is 0 Å². The number of hydrogen-bond donors (Lipinski definition) is 3. The van der Waals surface area contributed by atoms with Crippen LogP contribution in [0.15, 0.2) is 36.5 Å². The Balaban J connectivity index is 1.61. The molecule has 3 heterocycles. The van der Waals surface area contributed by atoms with Crippen LogP contribution in [-0.4, -0.2) is 49.8 Å². The summed E-state index contributed by atoms with van der Waals surface area (Å²) in [5.74, 6) is -1.02. The number of halogens is 1. The van der Waals surface area contributed by atoms with Gasteiger partial charge in [-0.05, 0) is 92.8 Å². The van der Waals surface area contributed by atoms with E-state index in [1.807, 2.05) is 18.3 Å². The summed E-state index contributed by atoms with van der Waals surface area (Å²) < 4.78 is 22.2. The van der Waals surface area contributed by atoms with Crippen LogP contribution in [0.4, 0.5) is 4.39 Å². The number of nitrogens with one attached hydrogen (secondary N) is 1. The number of nitrogens with zero attached hydrogens (tertiary/aromatic N) is 2. The molecule has 2 aliphatic rings. The first-order chi connectivity index (χ1) is 17.4. The zero-order valence-corrected chi connectivity index (χ0v) is 20.3. The van der Waals surface area contributed by atoms with Crippen molar-refractivity contribution in [1.82, 2.24) is 14.8 Å². The fraction of sp³-hybridized carbons (Fsp3) is 0.429. The van der Waals surface area contributed by atoms with Gasteiger partial charge in [-0.15, -0.1) is 0 Å². The molecule has 4 aromatic rings. The number of carboxylic acids is 1. The molecule has 1 aliphatic carbocycles. The molecular weight excluding hydrogens is 461 g/mol. The van der Waals surface area contributed by atoms with E-state index in [1.165, 1.54) is 17.3 Å². The predicted octanol–water partition coefficient (Wildman–Crippen LogP) is 5.32. The highest BCUT2D eigenvalue weighted by Crippen LogP contribution is 2.48. The maximum absolute atomic E-state index is 14.3. The second kappa shape index (κ2) is 8.71. The van der Waals surface area contributed by atoms with E-state index in [9.17, 15) is 19.4 Å². The number of aromatic nitrogens is 3. The van der Waals surface area contributed by atoms with Crippen LogP contribution in [0, 0.1) is 12.7 Å². The fourth-order valence-corrected chi connectivity index (χ4v) is 6.21. The first-order valence-corrected chi connectivity index (χ1v) is 12.7. The molecule has 0 unspecified atom stereocenters. The Kier molecular flexibility index (Phi) is 5.61. The van der Waals surface area contributed by atoms with Gasteiger partial charge < -0.3 is 19.5 Å². The lowest BCUT2D eigenvalue weighted by molar-refractivity contribution is -0.162. The minimum atomic E-state index is -1.67. The summed E-state index contributed by atoms with van der Waals surface area (Å²) in [5.41, 5.74) is 4.21. The van der Waals surface area contributed by atoms with Gasteiger partial charge in [0.2, 0.25) is 0 Å². The van der Waals surface area contributed by atoms with Crippen LogP contribution >= 0.6 is 0 Å². The van der Waals surface area contributed by atoms with Crippen LogP contribution < -0.4 is 0 Å². The number of aromatic amines is 1. The molecule has 2 aromatic heterocycles. The monoisotopic (exact) mass is 491 g/mol. The molecule has 1 aliphatic heterocycles. The predicted molar refractivity (Wildman–Crippen MR) is 134 cm³/mol. The largest absolute Gasteiger partial charge is 0.479 e. The lowest BCUT2D eigenvalue weighted by Crippen LogP contribution is -2.41. The standard InChI is InChI=1S/C28H30FN3O4/c1-16-12-20(2-3-22(16)29)32-24-13-19-15-30-31-23(19)14-21(24)25(26(32)18-6-10-36-11-7-18)17-4-8-28(35,9-5-17)27(33)34/h2-3,12-15,17-18,35H,4-11H2,1H3,(H,30,31)(H,33,34)/t17-,28+. The smallest absolute Gasteiger partial charge is 0.335 e. The molecule has 3 N–H and O–H groups in total. The molecule has 0 amide bonds. The van der Waals surface area contributed by atoms with E-state index < -0.39 is 11.6 Å². The van der Waals surface area contributed by atoms with Crippen molar-refractivity contribution in [2.45, 2.75) is 62.9 Å². The lowest BCUT2D eigenvalue weighted by Gasteiger charge is -2.34. The third kappa shape index (κ3) is 3.71. The molecular formula is C28H30FN3O4. The number of aliphatic carboxylic acids is 1. The molecule has 1 saturated carbocycles. The van der Waals surface area contributed by atoms with E-state index in [4.69, 9.17) is 4.74 Å². The van der Waals surface area contributed by atoms with Crippen molar-refractivity contribution in [2.75, 3.05) is 13.2 Å². The quantitative estimate of drug-likeness (QED) is 0.359. The Bertz CT molecular complexity index is 1460. The van der Waals surface area contributed by atoms with Crippen molar-refractivity contribution < 1.29 is 24.1 Å². The highest BCUT2D eigenvalue weighted by Gasteiger charge is 2.42. The molecule has 2 aromatic carbocycles. The van der Waals surface area contributed by atoms with Gasteiger partial charge in [-0.25, -0.2) is 9.18 Å². The number of carbonyl (C=O) groups is 1. The SMILES string of the molecule is Cc1cc(-n2c(C3CCOCC3)c([C@H]3CC[C@](O)(C(=O)O)CC3)c3cc4[nH]ncc4cc32)ccc1F. The van der Waals surface area contributed by atoms with E-state index in [0.717, 1.165) is 40.3 Å². The zero-order chi connectivity index (χ0) is 25.0. The molecule has 0 bridgehead atoms. The van der Waals surface area contributed by atoms with E-state index in [0.29, 0.717) is 31.6 Å². The van der Waals surface area contributed by atoms with Crippen molar-refractivity contribution in [3.63, 3.8) is 0 Å². The van der Waals surface area contributed by atoms with E-state index in [2.05, 4.69) is 26.9 Å². The molecule has 0 radical (unpaired) electrons. The molecule has 2 fully saturated rings. The number of benzene rings is 2. The molecule has 1 saturated heterocycles. The highest BCUT2D eigenvalue weighted by molar-refractivity contribution is 5.99. The molecule has 0 spiro atoms. The van der Waals surface area contributed by atoms with Crippen molar-refractivity contribution in [3.05, 3.63) is 59.2 Å². The molecule has 8 heteroatoms. The van der Waals surface area contributed by atoms with Crippen LogP contribution in [0.5, 0.6) is 0 Å². The zero-order valence-electron chi connectivity index (χ0n) is 20.3. The van der Waals surface area contributed by atoms with Crippen LogP contribution in [0.25, 0.3) is 27.5 Å². The van der Waals surface area contributed by atoms with Gasteiger partial charge in [-0.1, -0.05) is 0 Å². The highest BCUT2D eigenvalue weighted by atomic mass is 19.1. The Hall–Kier alpha value is -3.23. The molecule has 36 heavy (non-hydrogen) atoms. The first-order valence-electron chi connectivity index (χ1n) is 12.7. The summed E-state index contributed by atoms with van der Waals surface area (Å²) >= 11 is 0. The van der Waals surface area contributed by atoms with Gasteiger partial charge in [0.25, 0.3) is 0 Å². The van der Waals surface area contributed by atoms with Crippen molar-refractivity contribution >= 4 is 27.8 Å². The normalized spacial score (nSPS) is 23.5. The van der Waals surface area contributed by atoms with Gasteiger partial charge in [0, 0.05) is 41.3 Å². The van der Waals surface area contributed by atoms with Gasteiger partial charge in [-0.2, -0.15) is 5.10 Å². The van der Waals surface area contributed by atoms with E-state index >= 15 is 0 Å². The number of carboxylic acid groups (broad SMARTS) is 1. The second-order valence-electron chi connectivity index (χ2n) is 10.4. The van der Waals surface area contributed by atoms with Gasteiger partial charge in [0.05, 0.1) is 17.2 Å². The average molecular weight is 492 g/mol. The topological polar surface area (TPSA) is 100 Å². The second-order valence-corrected chi connectivity index (χ2v) is 10.4. The number of ether oxygens (including phenoxy) is 1. The summed E-state index contributed by atoms with van der Waals surface area (Å²) in [6.07, 6.45) is 5.18. The van der Waals surface area contributed by atoms with Crippen LogP contribution in [-0.2, 0) is 9.53 Å². The van der Waals surface area contributed by atoms with Crippen molar-refractivity contribution in [2.24, 2.45) is 0 Å². The third-order valence-electron chi connectivity index (χ3n) is 8.23. The number of aliphatic hydroxyl groups is 1. The van der Waals surface area contributed by atoms with Crippen molar-refractivity contribution in [1.29, 1.82) is 0 Å². The Labute approximate surface area is 207 Å². The molecule has 0 atom stereocenters. The van der Waals surface area contributed by atoms with Crippen molar-refractivity contribution in [3.8, 4) is 5.69 Å². The maximum atomic E-state index is 14.3. The average Bonchev–Trinajstić information content (AvgIpc) is 3.47. The number of fused-ring (bicyclic) bond motifs is 2. The number of H-pyrrole nitrogens is 1. The van der Waals surface area contributed by atoms with Gasteiger partial charge in [0.1, 0.15) is 5.82 Å². The van der Waals surface area contributed by atoms with Gasteiger partial charge in [0.15, 0.2) is 5.60 Å². The molecule has 6 rings (SSSR count). The summed E-state index contributed by atoms with van der Waals surface area (Å²) in [6.45, 7) is 3.14. The Morgan fingerprint density at radius 1 is 1.14 bits per heavy atom. The summed E-state index contributed by atoms with van der Waals surface area (Å²) in [5, 5.41) is 29.6. The Morgan fingerprint density at radius 2 is 1.89 bits per heavy atom. The molecule has 7 nitrogen and oxygen atoms in total. The van der Waals surface area contributed by atoms with Crippen LogP contribution in [0.3, 0.4) is 0 Å². The maximum Gasteiger partial charge on any atom is 0.335 e. The summed E-state index contributed by atoms with van der Waals surface area (Å²) in [4.78, 5) is 11.7. The fourth-order valence-electron chi connectivity index (χ4n) is 6.21.